The van der Waals surface area contributed by atoms with Crippen LogP contribution in [0.3, 0.4) is 0 Å². The molecular weight excluding hydrogens is 229 g/mol. The standard InChI is InChI=1S/C15H16FNO/c1-11-3-2-4-13(9-11)18-15-6-5-12(7-8-17)10-14(15)16/h2-6,9-10H,7-8,17H2,1H3. The first-order chi connectivity index (χ1) is 8.69. The van der Waals surface area contributed by atoms with Gasteiger partial charge >= 0.3 is 0 Å². The van der Waals surface area contributed by atoms with Gasteiger partial charge in [0.1, 0.15) is 5.75 Å². The molecule has 0 radical (unpaired) electrons. The molecule has 0 spiro atoms. The first-order valence-electron chi connectivity index (χ1n) is 5.92. The molecule has 3 heteroatoms. The van der Waals surface area contributed by atoms with Crippen molar-refractivity contribution in [1.82, 2.24) is 0 Å². The van der Waals surface area contributed by atoms with Crippen molar-refractivity contribution in [1.29, 1.82) is 0 Å². The molecule has 0 amide bonds. The van der Waals surface area contributed by atoms with Gasteiger partial charge in [-0.05, 0) is 55.3 Å². The Bertz CT molecular complexity index is 540. The van der Waals surface area contributed by atoms with Crippen LogP contribution in [0.25, 0.3) is 0 Å². The highest BCUT2D eigenvalue weighted by molar-refractivity contribution is 5.36. The molecule has 2 aromatic carbocycles. The maximum atomic E-state index is 13.8. The third kappa shape index (κ3) is 3.08. The average molecular weight is 245 g/mol. The Morgan fingerprint density at radius 3 is 2.67 bits per heavy atom. The summed E-state index contributed by atoms with van der Waals surface area (Å²) in [5.41, 5.74) is 7.39. The van der Waals surface area contributed by atoms with E-state index in [0.717, 1.165) is 11.1 Å². The van der Waals surface area contributed by atoms with Crippen molar-refractivity contribution in [3.8, 4) is 11.5 Å². The summed E-state index contributed by atoms with van der Waals surface area (Å²) < 4.78 is 19.3. The summed E-state index contributed by atoms with van der Waals surface area (Å²) in [6, 6.07) is 12.5. The lowest BCUT2D eigenvalue weighted by atomic mass is 10.1. The summed E-state index contributed by atoms with van der Waals surface area (Å²) >= 11 is 0. The van der Waals surface area contributed by atoms with E-state index in [-0.39, 0.29) is 11.6 Å². The number of nitrogens with two attached hydrogens (primary N) is 1. The highest BCUT2D eigenvalue weighted by atomic mass is 19.1. The minimum atomic E-state index is -0.359. The number of aryl methyl sites for hydroxylation is 1. The van der Waals surface area contributed by atoms with Crippen LogP contribution in [0.1, 0.15) is 11.1 Å². The summed E-state index contributed by atoms with van der Waals surface area (Å²) in [4.78, 5) is 0. The molecule has 0 aromatic heterocycles. The number of halogens is 1. The molecule has 0 atom stereocenters. The van der Waals surface area contributed by atoms with Crippen molar-refractivity contribution in [3.63, 3.8) is 0 Å². The molecule has 0 aliphatic carbocycles. The Balaban J connectivity index is 2.19. The van der Waals surface area contributed by atoms with Crippen LogP contribution >= 0.6 is 0 Å². The van der Waals surface area contributed by atoms with Gasteiger partial charge < -0.3 is 10.5 Å². The summed E-state index contributed by atoms with van der Waals surface area (Å²) in [7, 11) is 0. The lowest BCUT2D eigenvalue weighted by Crippen LogP contribution is -2.03. The molecule has 0 saturated heterocycles. The lowest BCUT2D eigenvalue weighted by molar-refractivity contribution is 0.441. The van der Waals surface area contributed by atoms with Crippen LogP contribution in [-0.2, 0) is 6.42 Å². The van der Waals surface area contributed by atoms with Crippen molar-refractivity contribution in [2.75, 3.05) is 6.54 Å². The number of hydrogen-bond acceptors (Lipinski definition) is 2. The van der Waals surface area contributed by atoms with Crippen molar-refractivity contribution in [3.05, 3.63) is 59.4 Å². The molecule has 2 rings (SSSR count). The summed E-state index contributed by atoms with van der Waals surface area (Å²) in [5, 5.41) is 0. The molecule has 2 N–H and O–H groups in total. The third-order valence-corrected chi connectivity index (χ3v) is 2.65. The predicted octanol–water partition coefficient (Wildman–Crippen LogP) is 3.43. The quantitative estimate of drug-likeness (QED) is 0.895. The fourth-order valence-electron chi connectivity index (χ4n) is 1.76. The molecule has 94 valence electrons. The van der Waals surface area contributed by atoms with Crippen LogP contribution < -0.4 is 10.5 Å². The monoisotopic (exact) mass is 245 g/mol. The van der Waals surface area contributed by atoms with E-state index in [4.69, 9.17) is 10.5 Å². The Kier molecular flexibility index (Phi) is 3.95. The van der Waals surface area contributed by atoms with E-state index in [2.05, 4.69) is 0 Å². The zero-order chi connectivity index (χ0) is 13.0. The highest BCUT2D eigenvalue weighted by Gasteiger charge is 2.06. The zero-order valence-corrected chi connectivity index (χ0v) is 10.3. The van der Waals surface area contributed by atoms with Gasteiger partial charge in [0.05, 0.1) is 0 Å². The van der Waals surface area contributed by atoms with Gasteiger partial charge in [-0.1, -0.05) is 18.2 Å². The van der Waals surface area contributed by atoms with Gasteiger partial charge in [-0.15, -0.1) is 0 Å². The van der Waals surface area contributed by atoms with Crippen LogP contribution in [0.15, 0.2) is 42.5 Å². The van der Waals surface area contributed by atoms with Crippen LogP contribution in [-0.4, -0.2) is 6.54 Å². The Morgan fingerprint density at radius 2 is 2.00 bits per heavy atom. The van der Waals surface area contributed by atoms with E-state index in [1.165, 1.54) is 6.07 Å². The Morgan fingerprint density at radius 1 is 1.17 bits per heavy atom. The van der Waals surface area contributed by atoms with Crippen LogP contribution in [0.4, 0.5) is 4.39 Å². The molecule has 0 unspecified atom stereocenters. The van der Waals surface area contributed by atoms with Crippen LogP contribution in [0.5, 0.6) is 11.5 Å². The second-order valence-corrected chi connectivity index (χ2v) is 4.22. The first kappa shape index (κ1) is 12.6. The number of ether oxygens (including phenoxy) is 1. The van der Waals surface area contributed by atoms with Gasteiger partial charge in [-0.2, -0.15) is 0 Å². The predicted molar refractivity (Wildman–Crippen MR) is 70.4 cm³/mol. The molecule has 0 aliphatic heterocycles. The number of hydrogen-bond donors (Lipinski definition) is 1. The largest absolute Gasteiger partial charge is 0.454 e. The van der Waals surface area contributed by atoms with E-state index < -0.39 is 0 Å². The molecule has 2 nitrogen and oxygen atoms in total. The molecule has 18 heavy (non-hydrogen) atoms. The molecule has 2 aromatic rings. The summed E-state index contributed by atoms with van der Waals surface area (Å²) in [6.07, 6.45) is 0.668. The smallest absolute Gasteiger partial charge is 0.165 e. The zero-order valence-electron chi connectivity index (χ0n) is 10.3. The normalized spacial score (nSPS) is 10.4. The van der Waals surface area contributed by atoms with Gasteiger partial charge in [0.2, 0.25) is 0 Å². The summed E-state index contributed by atoms with van der Waals surface area (Å²) in [6.45, 7) is 2.48. The number of rotatable bonds is 4. The fourth-order valence-corrected chi connectivity index (χ4v) is 1.76. The second kappa shape index (κ2) is 5.65. The van der Waals surface area contributed by atoms with Gasteiger partial charge in [-0.25, -0.2) is 4.39 Å². The highest BCUT2D eigenvalue weighted by Crippen LogP contribution is 2.25. The third-order valence-electron chi connectivity index (χ3n) is 2.65. The minimum Gasteiger partial charge on any atom is -0.454 e. The molecule has 0 bridgehead atoms. The van der Waals surface area contributed by atoms with E-state index in [0.29, 0.717) is 18.7 Å². The molecule has 0 aliphatic rings. The van der Waals surface area contributed by atoms with Crippen molar-refractivity contribution < 1.29 is 9.13 Å². The molecular formula is C15H16FNO. The fraction of sp³-hybridized carbons (Fsp3) is 0.200. The first-order valence-corrected chi connectivity index (χ1v) is 5.92. The van der Waals surface area contributed by atoms with E-state index in [1.807, 2.05) is 31.2 Å². The second-order valence-electron chi connectivity index (χ2n) is 4.22. The van der Waals surface area contributed by atoms with E-state index in [1.54, 1.807) is 12.1 Å². The number of benzene rings is 2. The maximum absolute atomic E-state index is 13.8. The topological polar surface area (TPSA) is 35.2 Å². The SMILES string of the molecule is Cc1cccc(Oc2ccc(CCN)cc2F)c1. The maximum Gasteiger partial charge on any atom is 0.165 e. The Hall–Kier alpha value is -1.87. The van der Waals surface area contributed by atoms with Crippen molar-refractivity contribution in [2.45, 2.75) is 13.3 Å². The lowest BCUT2D eigenvalue weighted by Gasteiger charge is -2.08. The van der Waals surface area contributed by atoms with Gasteiger partial charge in [0.25, 0.3) is 0 Å². The van der Waals surface area contributed by atoms with Crippen molar-refractivity contribution in [2.24, 2.45) is 5.73 Å². The Labute approximate surface area is 106 Å². The van der Waals surface area contributed by atoms with E-state index >= 15 is 0 Å². The van der Waals surface area contributed by atoms with Crippen molar-refractivity contribution >= 4 is 0 Å². The van der Waals surface area contributed by atoms with Gasteiger partial charge in [0.15, 0.2) is 11.6 Å². The summed E-state index contributed by atoms with van der Waals surface area (Å²) in [5.74, 6) is 0.518. The van der Waals surface area contributed by atoms with E-state index in [9.17, 15) is 4.39 Å². The van der Waals surface area contributed by atoms with Gasteiger partial charge in [-0.3, -0.25) is 0 Å². The van der Waals surface area contributed by atoms with Crippen LogP contribution in [0, 0.1) is 12.7 Å². The molecule has 0 fully saturated rings. The van der Waals surface area contributed by atoms with Gasteiger partial charge in [0, 0.05) is 0 Å². The van der Waals surface area contributed by atoms with Crippen LogP contribution in [0.2, 0.25) is 0 Å². The average Bonchev–Trinajstić information content (AvgIpc) is 2.33. The minimum absolute atomic E-state index is 0.237. The molecule has 0 saturated carbocycles. The molecule has 0 heterocycles.